The van der Waals surface area contributed by atoms with E-state index in [0.717, 1.165) is 31.6 Å². The second-order valence-corrected chi connectivity index (χ2v) is 5.47. The van der Waals surface area contributed by atoms with Crippen LogP contribution < -0.4 is 10.6 Å². The molecule has 0 unspecified atom stereocenters. The molecule has 0 atom stereocenters. The van der Waals surface area contributed by atoms with E-state index in [1.54, 1.807) is 24.3 Å². The van der Waals surface area contributed by atoms with Crippen LogP contribution >= 0.6 is 12.2 Å². The Balaban J connectivity index is 1.96. The van der Waals surface area contributed by atoms with E-state index >= 15 is 0 Å². The number of nitrogens with one attached hydrogen (secondary N) is 2. The van der Waals surface area contributed by atoms with Crippen LogP contribution in [0.25, 0.3) is 0 Å². The van der Waals surface area contributed by atoms with Gasteiger partial charge in [0.15, 0.2) is 5.11 Å². The average Bonchev–Trinajstić information content (AvgIpc) is 2.47. The van der Waals surface area contributed by atoms with E-state index in [1.165, 1.54) is 13.3 Å². The van der Waals surface area contributed by atoms with Gasteiger partial charge < -0.3 is 15.5 Å². The summed E-state index contributed by atoms with van der Waals surface area (Å²) in [6.07, 6.45) is 3.36. The number of hydrogen-bond acceptors (Lipinski definition) is 3. The molecule has 1 aliphatic rings. The molecule has 6 heteroatoms. The van der Waals surface area contributed by atoms with Gasteiger partial charge in [-0.1, -0.05) is 0 Å². The number of rotatable bonds is 2. The molecule has 0 saturated carbocycles. The lowest BCUT2D eigenvalue weighted by Gasteiger charge is -2.26. The van der Waals surface area contributed by atoms with Crippen molar-refractivity contribution < 1.29 is 9.59 Å². The number of benzene rings is 1. The number of piperidine rings is 1. The SMILES string of the molecule is CC(=O)NC(=S)Nc1ccc(C(=O)N2CCCCC2)cc1. The summed E-state index contributed by atoms with van der Waals surface area (Å²) in [5.41, 5.74) is 1.41. The predicted molar refractivity (Wildman–Crippen MR) is 86.2 cm³/mol. The van der Waals surface area contributed by atoms with Gasteiger partial charge in [-0.2, -0.15) is 0 Å². The fraction of sp³-hybridized carbons (Fsp3) is 0.400. The minimum absolute atomic E-state index is 0.0747. The Morgan fingerprint density at radius 1 is 1.10 bits per heavy atom. The van der Waals surface area contributed by atoms with Crippen LogP contribution in [0.15, 0.2) is 24.3 Å². The van der Waals surface area contributed by atoms with Gasteiger partial charge in [-0.05, 0) is 55.7 Å². The lowest BCUT2D eigenvalue weighted by Crippen LogP contribution is -2.35. The van der Waals surface area contributed by atoms with Gasteiger partial charge in [-0.15, -0.1) is 0 Å². The minimum atomic E-state index is -0.218. The number of hydrogen-bond donors (Lipinski definition) is 2. The molecule has 1 aliphatic heterocycles. The van der Waals surface area contributed by atoms with Gasteiger partial charge in [0.2, 0.25) is 5.91 Å². The van der Waals surface area contributed by atoms with Crippen molar-refractivity contribution in [3.8, 4) is 0 Å². The second kappa shape index (κ2) is 7.17. The maximum absolute atomic E-state index is 12.3. The smallest absolute Gasteiger partial charge is 0.253 e. The number of amides is 2. The molecule has 5 nitrogen and oxygen atoms in total. The first kappa shape index (κ1) is 15.4. The Hall–Kier alpha value is -1.95. The third-order valence-electron chi connectivity index (χ3n) is 3.32. The largest absolute Gasteiger partial charge is 0.339 e. The fourth-order valence-electron chi connectivity index (χ4n) is 2.30. The van der Waals surface area contributed by atoms with Gasteiger partial charge in [0, 0.05) is 31.3 Å². The number of anilines is 1. The number of carbonyl (C=O) groups is 2. The molecule has 0 radical (unpaired) electrons. The molecule has 1 saturated heterocycles. The summed E-state index contributed by atoms with van der Waals surface area (Å²) in [7, 11) is 0. The van der Waals surface area contributed by atoms with Gasteiger partial charge >= 0.3 is 0 Å². The highest BCUT2D eigenvalue weighted by molar-refractivity contribution is 7.80. The molecule has 2 rings (SSSR count). The molecule has 0 spiro atoms. The normalized spacial score (nSPS) is 14.4. The summed E-state index contributed by atoms with van der Waals surface area (Å²) in [5, 5.41) is 5.63. The Bertz CT molecular complexity index is 536. The molecule has 1 fully saturated rings. The van der Waals surface area contributed by atoms with Gasteiger partial charge in [0.25, 0.3) is 5.91 Å². The van der Waals surface area contributed by atoms with E-state index in [0.29, 0.717) is 5.56 Å². The summed E-state index contributed by atoms with van der Waals surface area (Å²) < 4.78 is 0. The third kappa shape index (κ3) is 4.53. The molecule has 112 valence electrons. The topological polar surface area (TPSA) is 61.4 Å². The van der Waals surface area contributed by atoms with Crippen LogP contribution in [0.4, 0.5) is 5.69 Å². The lowest BCUT2D eigenvalue weighted by molar-refractivity contribution is -0.117. The van der Waals surface area contributed by atoms with Crippen molar-refractivity contribution in [1.29, 1.82) is 0 Å². The van der Waals surface area contributed by atoms with Crippen LogP contribution in [-0.2, 0) is 4.79 Å². The zero-order valence-corrected chi connectivity index (χ0v) is 12.8. The van der Waals surface area contributed by atoms with E-state index in [4.69, 9.17) is 12.2 Å². The average molecular weight is 305 g/mol. The first-order valence-electron chi connectivity index (χ1n) is 7.04. The number of likely N-dealkylation sites (tertiary alicyclic amines) is 1. The number of carbonyl (C=O) groups excluding carboxylic acids is 2. The van der Waals surface area contributed by atoms with Crippen molar-refractivity contribution in [3.05, 3.63) is 29.8 Å². The molecule has 2 N–H and O–H groups in total. The van der Waals surface area contributed by atoms with E-state index in [9.17, 15) is 9.59 Å². The maximum Gasteiger partial charge on any atom is 0.253 e. The zero-order chi connectivity index (χ0) is 15.2. The molecular weight excluding hydrogens is 286 g/mol. The first-order chi connectivity index (χ1) is 10.1. The van der Waals surface area contributed by atoms with Crippen LogP contribution in [0.3, 0.4) is 0 Å². The molecule has 1 aromatic carbocycles. The number of nitrogens with zero attached hydrogens (tertiary/aromatic N) is 1. The fourth-order valence-corrected chi connectivity index (χ4v) is 2.56. The zero-order valence-electron chi connectivity index (χ0n) is 12.0. The first-order valence-corrected chi connectivity index (χ1v) is 7.45. The third-order valence-corrected chi connectivity index (χ3v) is 3.53. The van der Waals surface area contributed by atoms with Crippen LogP contribution in [0, 0.1) is 0 Å². The van der Waals surface area contributed by atoms with Crippen LogP contribution in [0.5, 0.6) is 0 Å². The Morgan fingerprint density at radius 3 is 2.29 bits per heavy atom. The van der Waals surface area contributed by atoms with Crippen molar-refractivity contribution in [2.45, 2.75) is 26.2 Å². The van der Waals surface area contributed by atoms with Gasteiger partial charge in [0.1, 0.15) is 0 Å². The van der Waals surface area contributed by atoms with Crippen molar-refractivity contribution in [1.82, 2.24) is 10.2 Å². The molecule has 1 aromatic rings. The molecule has 2 amide bonds. The summed E-state index contributed by atoms with van der Waals surface area (Å²) in [4.78, 5) is 25.1. The standard InChI is InChI=1S/C15H19N3O2S/c1-11(19)16-15(21)17-13-7-5-12(6-8-13)14(20)18-9-3-2-4-10-18/h5-8H,2-4,9-10H2,1H3,(H2,16,17,19,21). The van der Waals surface area contributed by atoms with E-state index in [2.05, 4.69) is 10.6 Å². The Morgan fingerprint density at radius 2 is 1.71 bits per heavy atom. The van der Waals surface area contributed by atoms with Crippen LogP contribution in [0.2, 0.25) is 0 Å². The highest BCUT2D eigenvalue weighted by Gasteiger charge is 2.17. The Kier molecular flexibility index (Phi) is 5.27. The maximum atomic E-state index is 12.3. The number of thiocarbonyl (C=S) groups is 1. The van der Waals surface area contributed by atoms with Crippen molar-refractivity contribution >= 4 is 34.8 Å². The van der Waals surface area contributed by atoms with Crippen LogP contribution in [-0.4, -0.2) is 34.9 Å². The lowest BCUT2D eigenvalue weighted by atomic mass is 10.1. The van der Waals surface area contributed by atoms with Crippen molar-refractivity contribution in [3.63, 3.8) is 0 Å². The summed E-state index contributed by atoms with van der Waals surface area (Å²) in [6, 6.07) is 7.11. The summed E-state index contributed by atoms with van der Waals surface area (Å²) >= 11 is 4.98. The monoisotopic (exact) mass is 305 g/mol. The molecular formula is C15H19N3O2S. The van der Waals surface area contributed by atoms with Crippen LogP contribution in [0.1, 0.15) is 36.5 Å². The molecule has 1 heterocycles. The summed E-state index contributed by atoms with van der Waals surface area (Å²) in [6.45, 7) is 3.07. The molecule has 0 aromatic heterocycles. The van der Waals surface area contributed by atoms with Crippen molar-refractivity contribution in [2.75, 3.05) is 18.4 Å². The highest BCUT2D eigenvalue weighted by Crippen LogP contribution is 2.15. The molecule has 21 heavy (non-hydrogen) atoms. The predicted octanol–water partition coefficient (Wildman–Crippen LogP) is 2.15. The highest BCUT2D eigenvalue weighted by atomic mass is 32.1. The molecule has 0 aliphatic carbocycles. The van der Waals surface area contributed by atoms with Crippen molar-refractivity contribution in [2.24, 2.45) is 0 Å². The van der Waals surface area contributed by atoms with E-state index < -0.39 is 0 Å². The second-order valence-electron chi connectivity index (χ2n) is 5.07. The van der Waals surface area contributed by atoms with Gasteiger partial charge in [-0.25, -0.2) is 0 Å². The molecule has 0 bridgehead atoms. The van der Waals surface area contributed by atoms with E-state index in [-0.39, 0.29) is 16.9 Å². The summed E-state index contributed by atoms with van der Waals surface area (Å²) in [5.74, 6) is -0.143. The minimum Gasteiger partial charge on any atom is -0.339 e. The van der Waals surface area contributed by atoms with Gasteiger partial charge in [0.05, 0.1) is 0 Å². The van der Waals surface area contributed by atoms with Gasteiger partial charge in [-0.3, -0.25) is 9.59 Å². The Labute approximate surface area is 129 Å². The van der Waals surface area contributed by atoms with E-state index in [1.807, 2.05) is 4.90 Å². The quantitative estimate of drug-likeness (QED) is 0.822.